The van der Waals surface area contributed by atoms with Crippen LogP contribution in [0.1, 0.15) is 33.3 Å². The van der Waals surface area contributed by atoms with Gasteiger partial charge in [0.1, 0.15) is 0 Å². The fourth-order valence-corrected chi connectivity index (χ4v) is 1.75. The molecule has 0 aliphatic rings. The Morgan fingerprint density at radius 2 is 1.73 bits per heavy atom. The van der Waals surface area contributed by atoms with Crippen molar-refractivity contribution in [2.24, 2.45) is 0 Å². The monoisotopic (exact) mass is 201 g/mol. The van der Waals surface area contributed by atoms with Crippen LogP contribution in [0.4, 0.5) is 5.69 Å². The van der Waals surface area contributed by atoms with Crippen LogP contribution in [0, 0.1) is 0 Å². The number of allylic oxidation sites excluding steroid dienone is 4. The molecule has 0 aliphatic heterocycles. The predicted octanol–water partition coefficient (Wildman–Crippen LogP) is 4.03. The number of hydrogen-bond acceptors (Lipinski definition) is 1. The summed E-state index contributed by atoms with van der Waals surface area (Å²) < 4.78 is 0. The summed E-state index contributed by atoms with van der Waals surface area (Å²) in [5.74, 6) is 0. The van der Waals surface area contributed by atoms with Gasteiger partial charge in [0.05, 0.1) is 0 Å². The maximum Gasteiger partial charge on any atom is 0.0393 e. The quantitative estimate of drug-likeness (QED) is 0.567. The Balaban J connectivity index is 3.37. The zero-order chi connectivity index (χ0) is 11.4. The molecule has 0 spiro atoms. The van der Waals surface area contributed by atoms with E-state index in [-0.39, 0.29) is 0 Å². The molecule has 0 heterocycles. The van der Waals surface area contributed by atoms with E-state index in [0.29, 0.717) is 0 Å². The van der Waals surface area contributed by atoms with E-state index in [1.165, 1.54) is 16.7 Å². The second-order valence-electron chi connectivity index (χ2n) is 3.93. The molecule has 0 saturated heterocycles. The summed E-state index contributed by atoms with van der Waals surface area (Å²) in [6.45, 7) is 8.41. The molecule has 0 unspecified atom stereocenters. The van der Waals surface area contributed by atoms with E-state index in [2.05, 4.69) is 39.8 Å². The lowest BCUT2D eigenvalue weighted by molar-refractivity contribution is 1.34. The van der Waals surface area contributed by atoms with Crippen LogP contribution in [-0.4, -0.2) is 0 Å². The Morgan fingerprint density at radius 3 is 2.20 bits per heavy atom. The molecule has 1 aromatic carbocycles. The van der Waals surface area contributed by atoms with Gasteiger partial charge in [0.25, 0.3) is 0 Å². The Labute approximate surface area is 92.3 Å². The molecule has 0 saturated carbocycles. The third-order valence-corrected chi connectivity index (χ3v) is 2.56. The van der Waals surface area contributed by atoms with Crippen LogP contribution in [0.2, 0.25) is 0 Å². The molecule has 1 aromatic rings. The van der Waals surface area contributed by atoms with Crippen molar-refractivity contribution in [1.82, 2.24) is 0 Å². The zero-order valence-corrected chi connectivity index (χ0v) is 9.96. The highest BCUT2D eigenvalue weighted by molar-refractivity contribution is 5.85. The summed E-state index contributed by atoms with van der Waals surface area (Å²) in [5.41, 5.74) is 11.8. The molecule has 80 valence electrons. The maximum absolute atomic E-state index is 5.99. The lowest BCUT2D eigenvalue weighted by Crippen LogP contribution is -1.96. The summed E-state index contributed by atoms with van der Waals surface area (Å²) in [6.07, 6.45) is 2.12. The first-order valence-corrected chi connectivity index (χ1v) is 5.23. The van der Waals surface area contributed by atoms with E-state index < -0.39 is 0 Å². The Hall–Kier alpha value is -1.50. The van der Waals surface area contributed by atoms with Gasteiger partial charge in [-0.2, -0.15) is 0 Å². The minimum atomic E-state index is 0.843. The highest BCUT2D eigenvalue weighted by Crippen LogP contribution is 2.30. The van der Waals surface area contributed by atoms with Crippen LogP contribution < -0.4 is 5.73 Å². The summed E-state index contributed by atoms with van der Waals surface area (Å²) >= 11 is 0. The van der Waals surface area contributed by atoms with Crippen molar-refractivity contribution in [3.05, 3.63) is 47.1 Å². The first-order chi connectivity index (χ1) is 7.07. The van der Waals surface area contributed by atoms with Crippen molar-refractivity contribution >= 4 is 11.3 Å². The lowest BCUT2D eigenvalue weighted by Gasteiger charge is -2.13. The molecule has 0 bridgehead atoms. The number of nitrogens with two attached hydrogens (primary N) is 1. The lowest BCUT2D eigenvalue weighted by atomic mass is 9.93. The SMILES string of the molecule is C/C=C(/C)C(=C(C)C)c1ccccc1N. The number of rotatable bonds is 2. The van der Waals surface area contributed by atoms with E-state index in [0.717, 1.165) is 11.3 Å². The first kappa shape index (κ1) is 11.6. The molecule has 1 rings (SSSR count). The minimum absolute atomic E-state index is 0.843. The smallest absolute Gasteiger partial charge is 0.0393 e. The molecule has 2 N–H and O–H groups in total. The minimum Gasteiger partial charge on any atom is -0.398 e. The molecule has 15 heavy (non-hydrogen) atoms. The van der Waals surface area contributed by atoms with E-state index in [9.17, 15) is 0 Å². The maximum atomic E-state index is 5.99. The zero-order valence-electron chi connectivity index (χ0n) is 9.96. The number of nitrogen functional groups attached to an aromatic ring is 1. The van der Waals surface area contributed by atoms with Crippen molar-refractivity contribution in [3.63, 3.8) is 0 Å². The van der Waals surface area contributed by atoms with Crippen molar-refractivity contribution in [2.75, 3.05) is 5.73 Å². The Bertz CT molecular complexity index is 407. The third-order valence-electron chi connectivity index (χ3n) is 2.56. The molecule has 1 nitrogen and oxygen atoms in total. The van der Waals surface area contributed by atoms with Gasteiger partial charge in [0, 0.05) is 11.3 Å². The van der Waals surface area contributed by atoms with Gasteiger partial charge in [-0.05, 0) is 44.9 Å². The summed E-state index contributed by atoms with van der Waals surface area (Å²) in [7, 11) is 0. The number of hydrogen-bond donors (Lipinski definition) is 1. The highest BCUT2D eigenvalue weighted by atomic mass is 14.6. The van der Waals surface area contributed by atoms with Gasteiger partial charge in [0.15, 0.2) is 0 Å². The number of anilines is 1. The van der Waals surface area contributed by atoms with E-state index >= 15 is 0 Å². The van der Waals surface area contributed by atoms with Crippen molar-refractivity contribution in [1.29, 1.82) is 0 Å². The van der Waals surface area contributed by atoms with Gasteiger partial charge < -0.3 is 5.73 Å². The van der Waals surface area contributed by atoms with E-state index in [1.807, 2.05) is 18.2 Å². The molecule has 0 radical (unpaired) electrons. The normalized spacial score (nSPS) is 11.3. The average Bonchev–Trinajstić information content (AvgIpc) is 2.20. The molecule has 0 amide bonds. The van der Waals surface area contributed by atoms with Crippen LogP contribution in [-0.2, 0) is 0 Å². The molecule has 0 atom stereocenters. The summed E-state index contributed by atoms with van der Waals surface area (Å²) in [5, 5.41) is 0. The Morgan fingerprint density at radius 1 is 1.13 bits per heavy atom. The molecule has 0 aliphatic carbocycles. The second kappa shape index (κ2) is 4.83. The van der Waals surface area contributed by atoms with Crippen molar-refractivity contribution in [3.8, 4) is 0 Å². The molecular weight excluding hydrogens is 182 g/mol. The van der Waals surface area contributed by atoms with Crippen LogP contribution in [0.15, 0.2) is 41.5 Å². The molecule has 1 heteroatoms. The van der Waals surface area contributed by atoms with Crippen molar-refractivity contribution < 1.29 is 0 Å². The number of benzene rings is 1. The largest absolute Gasteiger partial charge is 0.398 e. The number of para-hydroxylation sites is 1. The summed E-state index contributed by atoms with van der Waals surface area (Å²) in [6, 6.07) is 8.01. The molecular formula is C14H19N. The van der Waals surface area contributed by atoms with Crippen LogP contribution in [0.25, 0.3) is 5.57 Å². The first-order valence-electron chi connectivity index (χ1n) is 5.23. The van der Waals surface area contributed by atoms with Crippen molar-refractivity contribution in [2.45, 2.75) is 27.7 Å². The van der Waals surface area contributed by atoms with Crippen LogP contribution in [0.5, 0.6) is 0 Å². The Kier molecular flexibility index (Phi) is 3.73. The molecule has 0 aromatic heterocycles. The molecule has 0 fully saturated rings. The topological polar surface area (TPSA) is 26.0 Å². The van der Waals surface area contributed by atoms with Crippen LogP contribution >= 0.6 is 0 Å². The van der Waals surface area contributed by atoms with E-state index in [1.54, 1.807) is 0 Å². The third kappa shape index (κ3) is 2.50. The van der Waals surface area contributed by atoms with Gasteiger partial charge >= 0.3 is 0 Å². The standard InChI is InChI=1S/C14H19N/c1-5-11(4)14(10(2)3)12-8-6-7-9-13(12)15/h5-9H,15H2,1-4H3/b11-5-. The van der Waals surface area contributed by atoms with Crippen LogP contribution in [0.3, 0.4) is 0 Å². The van der Waals surface area contributed by atoms with Gasteiger partial charge in [-0.15, -0.1) is 0 Å². The van der Waals surface area contributed by atoms with Gasteiger partial charge in [-0.3, -0.25) is 0 Å². The highest BCUT2D eigenvalue weighted by Gasteiger charge is 2.07. The van der Waals surface area contributed by atoms with E-state index in [4.69, 9.17) is 5.73 Å². The summed E-state index contributed by atoms with van der Waals surface area (Å²) in [4.78, 5) is 0. The second-order valence-corrected chi connectivity index (χ2v) is 3.93. The fraction of sp³-hybridized carbons (Fsp3) is 0.286. The predicted molar refractivity (Wildman–Crippen MR) is 68.6 cm³/mol. The van der Waals surface area contributed by atoms with Gasteiger partial charge in [-0.25, -0.2) is 0 Å². The van der Waals surface area contributed by atoms with Gasteiger partial charge in [0.2, 0.25) is 0 Å². The average molecular weight is 201 g/mol. The fourth-order valence-electron chi connectivity index (χ4n) is 1.75. The van der Waals surface area contributed by atoms with Gasteiger partial charge in [-0.1, -0.05) is 29.8 Å².